The Kier molecular flexibility index (Phi) is 7.61. The predicted molar refractivity (Wildman–Crippen MR) is 60.0 cm³/mol. The number of alkyl halides is 3. The topological polar surface area (TPSA) is 92.7 Å². The molecule has 0 aromatic rings. The third-order valence-corrected chi connectivity index (χ3v) is 3.08. The molecular formula is C9H14F3NO5S. The monoisotopic (exact) mass is 305 g/mol. The van der Waals surface area contributed by atoms with E-state index in [1.807, 2.05) is 0 Å². The van der Waals surface area contributed by atoms with Crippen LogP contribution in [0.4, 0.5) is 13.2 Å². The van der Waals surface area contributed by atoms with Crippen LogP contribution in [-0.2, 0) is 25.1 Å². The van der Waals surface area contributed by atoms with Crippen molar-refractivity contribution in [2.75, 3.05) is 24.7 Å². The minimum atomic E-state index is -4.46. The van der Waals surface area contributed by atoms with Gasteiger partial charge in [0.25, 0.3) is 0 Å². The zero-order valence-corrected chi connectivity index (χ0v) is 10.8. The number of nitrogens with one attached hydrogen (secondary N) is 1. The highest BCUT2D eigenvalue weighted by molar-refractivity contribution is 7.85. The Bertz CT molecular complexity index is 347. The second kappa shape index (κ2) is 8.10. The number of aliphatic carboxylic acids is 1. The van der Waals surface area contributed by atoms with Crippen molar-refractivity contribution in [3.63, 3.8) is 0 Å². The Balaban J connectivity index is 4.00. The molecule has 0 fully saturated rings. The highest BCUT2D eigenvalue weighted by Crippen LogP contribution is 2.14. The van der Waals surface area contributed by atoms with Gasteiger partial charge in [-0.2, -0.15) is 13.2 Å². The van der Waals surface area contributed by atoms with E-state index in [2.05, 4.69) is 10.1 Å². The Hall–Kier alpha value is -1.16. The van der Waals surface area contributed by atoms with Gasteiger partial charge in [-0.15, -0.1) is 0 Å². The summed E-state index contributed by atoms with van der Waals surface area (Å²) in [7, 11) is -1.70. The second-order valence-corrected chi connectivity index (χ2v) is 5.19. The van der Waals surface area contributed by atoms with Crippen molar-refractivity contribution in [1.82, 2.24) is 5.32 Å². The van der Waals surface area contributed by atoms with Gasteiger partial charge in [-0.25, -0.2) is 4.79 Å². The first-order valence-electron chi connectivity index (χ1n) is 5.11. The Labute approximate surface area is 109 Å². The molecule has 0 spiro atoms. The summed E-state index contributed by atoms with van der Waals surface area (Å²) < 4.78 is 50.8. The van der Waals surface area contributed by atoms with Crippen molar-refractivity contribution in [1.29, 1.82) is 0 Å². The summed E-state index contributed by atoms with van der Waals surface area (Å²) in [5.41, 5.74) is 0. The van der Waals surface area contributed by atoms with E-state index in [9.17, 15) is 27.0 Å². The highest BCUT2D eigenvalue weighted by Gasteiger charge is 2.27. The SMILES string of the molecule is CC(=O)N[C@@H](CS(=O)CCOCC(F)(F)F)C(=O)O. The molecule has 2 atom stereocenters. The summed E-state index contributed by atoms with van der Waals surface area (Å²) in [4.78, 5) is 21.4. The Morgan fingerprint density at radius 1 is 1.42 bits per heavy atom. The fraction of sp³-hybridized carbons (Fsp3) is 0.778. The lowest BCUT2D eigenvalue weighted by Crippen LogP contribution is -2.43. The molecule has 0 aliphatic heterocycles. The largest absolute Gasteiger partial charge is 0.480 e. The normalized spacial score (nSPS) is 14.7. The van der Waals surface area contributed by atoms with Gasteiger partial charge in [-0.05, 0) is 0 Å². The van der Waals surface area contributed by atoms with E-state index in [4.69, 9.17) is 5.11 Å². The van der Waals surface area contributed by atoms with Crippen LogP contribution >= 0.6 is 0 Å². The zero-order chi connectivity index (χ0) is 15.1. The molecule has 0 saturated heterocycles. The number of amides is 1. The quantitative estimate of drug-likeness (QED) is 0.611. The van der Waals surface area contributed by atoms with Crippen LogP contribution in [0.2, 0.25) is 0 Å². The number of carbonyl (C=O) groups excluding carboxylic acids is 1. The minimum Gasteiger partial charge on any atom is -0.480 e. The van der Waals surface area contributed by atoms with E-state index in [0.29, 0.717) is 0 Å². The summed E-state index contributed by atoms with van der Waals surface area (Å²) in [5, 5.41) is 10.8. The fourth-order valence-electron chi connectivity index (χ4n) is 1.03. The molecule has 0 aromatic heterocycles. The van der Waals surface area contributed by atoms with Crippen molar-refractivity contribution < 1.29 is 36.8 Å². The molecule has 0 saturated carbocycles. The van der Waals surface area contributed by atoms with Crippen LogP contribution in [0.15, 0.2) is 0 Å². The van der Waals surface area contributed by atoms with Crippen molar-refractivity contribution in [3.05, 3.63) is 0 Å². The van der Waals surface area contributed by atoms with E-state index in [1.54, 1.807) is 0 Å². The molecular weight excluding hydrogens is 291 g/mol. The molecule has 2 N–H and O–H groups in total. The summed E-state index contributed by atoms with van der Waals surface area (Å²) in [6, 6.07) is -1.33. The maximum Gasteiger partial charge on any atom is 0.411 e. The van der Waals surface area contributed by atoms with Gasteiger partial charge in [-0.3, -0.25) is 9.00 Å². The summed E-state index contributed by atoms with van der Waals surface area (Å²) in [6.07, 6.45) is -4.46. The van der Waals surface area contributed by atoms with Crippen LogP contribution in [-0.4, -0.2) is 58.1 Å². The Morgan fingerprint density at radius 2 is 2.00 bits per heavy atom. The molecule has 19 heavy (non-hydrogen) atoms. The molecule has 0 heterocycles. The molecule has 1 amide bonds. The van der Waals surface area contributed by atoms with Crippen LogP contribution in [0.3, 0.4) is 0 Å². The van der Waals surface area contributed by atoms with Gasteiger partial charge in [0, 0.05) is 23.5 Å². The fourth-order valence-corrected chi connectivity index (χ4v) is 2.10. The third kappa shape index (κ3) is 10.4. The first-order chi connectivity index (χ1) is 8.61. The van der Waals surface area contributed by atoms with Crippen LogP contribution in [0, 0.1) is 0 Å². The summed E-state index contributed by atoms with van der Waals surface area (Å²) >= 11 is 0. The molecule has 0 rings (SSSR count). The lowest BCUT2D eigenvalue weighted by Gasteiger charge is -2.13. The van der Waals surface area contributed by atoms with Gasteiger partial charge in [0.1, 0.15) is 12.6 Å². The predicted octanol–water partition coefficient (Wildman–Crippen LogP) is -0.0967. The number of hydrogen-bond acceptors (Lipinski definition) is 4. The minimum absolute atomic E-state index is 0.237. The molecule has 112 valence electrons. The molecule has 0 bridgehead atoms. The van der Waals surface area contributed by atoms with E-state index in [0.717, 1.165) is 6.92 Å². The van der Waals surface area contributed by atoms with Crippen LogP contribution in [0.5, 0.6) is 0 Å². The highest BCUT2D eigenvalue weighted by atomic mass is 32.2. The first kappa shape index (κ1) is 17.8. The van der Waals surface area contributed by atoms with Crippen molar-refractivity contribution in [3.8, 4) is 0 Å². The summed E-state index contributed by atoms with van der Waals surface area (Å²) in [5.74, 6) is -2.58. The van der Waals surface area contributed by atoms with E-state index in [-0.39, 0.29) is 11.5 Å². The van der Waals surface area contributed by atoms with Gasteiger partial charge >= 0.3 is 12.1 Å². The number of halogens is 3. The van der Waals surface area contributed by atoms with Gasteiger partial charge in [-0.1, -0.05) is 0 Å². The number of carboxylic acids is 1. The summed E-state index contributed by atoms with van der Waals surface area (Å²) in [6.45, 7) is -0.748. The lowest BCUT2D eigenvalue weighted by atomic mass is 10.3. The maximum atomic E-state index is 11.7. The molecule has 0 aliphatic rings. The molecule has 10 heteroatoms. The maximum absolute atomic E-state index is 11.7. The van der Waals surface area contributed by atoms with Crippen LogP contribution in [0.25, 0.3) is 0 Å². The second-order valence-electron chi connectivity index (χ2n) is 3.57. The average Bonchev–Trinajstić information content (AvgIpc) is 2.21. The Morgan fingerprint density at radius 3 is 2.42 bits per heavy atom. The standard InChI is InChI=1S/C9H14F3NO5S/c1-6(14)13-7(8(15)16)4-19(17)3-2-18-5-9(10,11)12/h7H,2-5H2,1H3,(H,13,14)(H,15,16)/t7-,19?/m0/s1. The van der Waals surface area contributed by atoms with E-state index >= 15 is 0 Å². The molecule has 0 aliphatic carbocycles. The van der Waals surface area contributed by atoms with Crippen LogP contribution in [0.1, 0.15) is 6.92 Å². The molecule has 1 unspecified atom stereocenters. The first-order valence-corrected chi connectivity index (χ1v) is 6.60. The van der Waals surface area contributed by atoms with Gasteiger partial charge in [0.05, 0.1) is 12.4 Å². The third-order valence-electron chi connectivity index (χ3n) is 1.75. The smallest absolute Gasteiger partial charge is 0.411 e. The van der Waals surface area contributed by atoms with Gasteiger partial charge in [0.2, 0.25) is 5.91 Å². The molecule has 6 nitrogen and oxygen atoms in total. The molecule has 0 aromatic carbocycles. The van der Waals surface area contributed by atoms with Crippen LogP contribution < -0.4 is 5.32 Å². The number of hydrogen-bond donors (Lipinski definition) is 2. The van der Waals surface area contributed by atoms with E-state index in [1.165, 1.54) is 0 Å². The van der Waals surface area contributed by atoms with Crippen molar-refractivity contribution >= 4 is 22.7 Å². The zero-order valence-electron chi connectivity index (χ0n) is 10.0. The number of ether oxygens (including phenoxy) is 1. The van der Waals surface area contributed by atoms with Gasteiger partial charge < -0.3 is 15.2 Å². The van der Waals surface area contributed by atoms with Crippen molar-refractivity contribution in [2.24, 2.45) is 0 Å². The number of rotatable bonds is 8. The van der Waals surface area contributed by atoms with E-state index < -0.39 is 48.1 Å². The number of carbonyl (C=O) groups is 2. The lowest BCUT2D eigenvalue weighted by molar-refractivity contribution is -0.172. The average molecular weight is 305 g/mol. The van der Waals surface area contributed by atoms with Crippen molar-refractivity contribution in [2.45, 2.75) is 19.1 Å². The van der Waals surface area contributed by atoms with Gasteiger partial charge in [0.15, 0.2) is 0 Å². The molecule has 0 radical (unpaired) electrons. The number of carboxylic acid groups (broad SMARTS) is 1.